The zero-order chi connectivity index (χ0) is 10.0. The van der Waals surface area contributed by atoms with Crippen LogP contribution in [0.1, 0.15) is 21.7 Å². The van der Waals surface area contributed by atoms with E-state index < -0.39 is 5.97 Å². The molecule has 0 aliphatic heterocycles. The molecule has 1 rings (SSSR count). The Morgan fingerprint density at radius 2 is 2.23 bits per heavy atom. The summed E-state index contributed by atoms with van der Waals surface area (Å²) in [6.07, 6.45) is 0. The summed E-state index contributed by atoms with van der Waals surface area (Å²) >= 11 is 0. The van der Waals surface area contributed by atoms with E-state index in [0.29, 0.717) is 5.69 Å². The number of rotatable bonds is 3. The fraction of sp³-hybridized carbons (Fsp3) is 0.444. The van der Waals surface area contributed by atoms with Gasteiger partial charge in [0, 0.05) is 12.8 Å². The molecule has 0 saturated heterocycles. The molecule has 0 bridgehead atoms. The van der Waals surface area contributed by atoms with Crippen molar-refractivity contribution in [3.63, 3.8) is 0 Å². The Morgan fingerprint density at radius 3 is 2.69 bits per heavy atom. The van der Waals surface area contributed by atoms with Crippen LogP contribution in [0.5, 0.6) is 0 Å². The highest BCUT2D eigenvalue weighted by molar-refractivity contribution is 5.87. The Bertz CT molecular complexity index is 328. The Labute approximate surface area is 76.7 Å². The second-order valence-corrected chi connectivity index (χ2v) is 2.97. The third-order valence-electron chi connectivity index (χ3n) is 1.96. The summed E-state index contributed by atoms with van der Waals surface area (Å²) in [5.41, 5.74) is 1.97. The molecule has 72 valence electrons. The number of carboxylic acid groups (broad SMARTS) is 1. The maximum absolute atomic E-state index is 10.9. The number of nitrogens with zero attached hydrogens (tertiary/aromatic N) is 1. The van der Waals surface area contributed by atoms with Gasteiger partial charge in [0.15, 0.2) is 0 Å². The number of carboxylic acids is 1. The quantitative estimate of drug-likeness (QED) is 0.770. The zero-order valence-corrected chi connectivity index (χ0v) is 8.00. The van der Waals surface area contributed by atoms with Gasteiger partial charge in [-0.1, -0.05) is 0 Å². The number of ether oxygens (including phenoxy) is 1. The highest BCUT2D eigenvalue weighted by atomic mass is 16.5. The van der Waals surface area contributed by atoms with Gasteiger partial charge >= 0.3 is 5.97 Å². The van der Waals surface area contributed by atoms with Crippen molar-refractivity contribution < 1.29 is 14.6 Å². The van der Waals surface area contributed by atoms with Crippen LogP contribution < -0.4 is 0 Å². The normalized spacial score (nSPS) is 10.4. The van der Waals surface area contributed by atoms with Gasteiger partial charge in [-0.3, -0.25) is 0 Å². The molecule has 1 aromatic rings. The topological polar surface area (TPSA) is 51.5 Å². The Hall–Kier alpha value is -1.29. The van der Waals surface area contributed by atoms with Crippen molar-refractivity contribution in [1.82, 2.24) is 4.57 Å². The van der Waals surface area contributed by atoms with Crippen molar-refractivity contribution in [2.24, 2.45) is 0 Å². The minimum absolute atomic E-state index is 0.279. The smallest absolute Gasteiger partial charge is 0.352 e. The average molecular weight is 183 g/mol. The summed E-state index contributed by atoms with van der Waals surface area (Å²) in [7, 11) is 1.54. The molecule has 0 saturated carbocycles. The summed E-state index contributed by atoms with van der Waals surface area (Å²) in [6, 6.07) is 1.84. The molecule has 0 unspecified atom stereocenters. The third-order valence-corrected chi connectivity index (χ3v) is 1.96. The van der Waals surface area contributed by atoms with Gasteiger partial charge in [-0.05, 0) is 25.5 Å². The molecule has 0 spiro atoms. The number of methoxy groups -OCH3 is 1. The van der Waals surface area contributed by atoms with Crippen molar-refractivity contribution >= 4 is 5.97 Å². The van der Waals surface area contributed by atoms with Crippen molar-refractivity contribution in [3.8, 4) is 0 Å². The number of aryl methyl sites for hydroxylation is 2. The van der Waals surface area contributed by atoms with Crippen molar-refractivity contribution in [1.29, 1.82) is 0 Å². The fourth-order valence-corrected chi connectivity index (χ4v) is 1.43. The molecule has 1 N–H and O–H groups in total. The number of hydrogen-bond acceptors (Lipinski definition) is 2. The van der Waals surface area contributed by atoms with E-state index in [0.717, 1.165) is 11.3 Å². The van der Waals surface area contributed by atoms with Gasteiger partial charge < -0.3 is 14.4 Å². The van der Waals surface area contributed by atoms with Crippen molar-refractivity contribution in [3.05, 3.63) is 23.0 Å². The van der Waals surface area contributed by atoms with Gasteiger partial charge in [0.2, 0.25) is 0 Å². The summed E-state index contributed by atoms with van der Waals surface area (Å²) in [4.78, 5) is 10.9. The van der Waals surface area contributed by atoms with E-state index >= 15 is 0 Å². The second-order valence-electron chi connectivity index (χ2n) is 2.97. The first-order chi connectivity index (χ1) is 6.07. The van der Waals surface area contributed by atoms with E-state index in [1.165, 1.54) is 0 Å². The summed E-state index contributed by atoms with van der Waals surface area (Å²) in [5, 5.41) is 8.91. The van der Waals surface area contributed by atoms with E-state index in [1.54, 1.807) is 18.6 Å². The van der Waals surface area contributed by atoms with Gasteiger partial charge in [-0.25, -0.2) is 4.79 Å². The van der Waals surface area contributed by atoms with Crippen molar-refractivity contribution in [2.75, 3.05) is 7.11 Å². The zero-order valence-electron chi connectivity index (χ0n) is 8.00. The molecular weight excluding hydrogens is 170 g/mol. The minimum atomic E-state index is -0.914. The van der Waals surface area contributed by atoms with Crippen LogP contribution in [0.3, 0.4) is 0 Å². The first-order valence-electron chi connectivity index (χ1n) is 3.97. The molecule has 1 aromatic heterocycles. The molecule has 13 heavy (non-hydrogen) atoms. The predicted octanol–water partition coefficient (Wildman–Crippen LogP) is 1.41. The van der Waals surface area contributed by atoms with Crippen LogP contribution >= 0.6 is 0 Å². The molecule has 1 heterocycles. The highest BCUT2D eigenvalue weighted by Crippen LogP contribution is 2.14. The van der Waals surface area contributed by atoms with Gasteiger partial charge in [0.05, 0.1) is 0 Å². The lowest BCUT2D eigenvalue weighted by atomic mass is 10.3. The first kappa shape index (κ1) is 9.80. The molecule has 0 aliphatic carbocycles. The van der Waals surface area contributed by atoms with Gasteiger partial charge in [-0.2, -0.15) is 0 Å². The lowest BCUT2D eigenvalue weighted by Crippen LogP contribution is -2.11. The molecular formula is C9H13NO3. The molecule has 0 aromatic carbocycles. The number of carbonyl (C=O) groups is 1. The largest absolute Gasteiger partial charge is 0.477 e. The van der Waals surface area contributed by atoms with E-state index in [2.05, 4.69) is 0 Å². The van der Waals surface area contributed by atoms with E-state index in [4.69, 9.17) is 9.84 Å². The van der Waals surface area contributed by atoms with Crippen LogP contribution in [-0.2, 0) is 11.5 Å². The Morgan fingerprint density at radius 1 is 1.62 bits per heavy atom. The van der Waals surface area contributed by atoms with Crippen LogP contribution in [0.2, 0.25) is 0 Å². The summed E-state index contributed by atoms with van der Waals surface area (Å²) < 4.78 is 6.55. The number of aromatic nitrogens is 1. The van der Waals surface area contributed by atoms with Gasteiger partial charge in [-0.15, -0.1) is 0 Å². The van der Waals surface area contributed by atoms with Crippen molar-refractivity contribution in [2.45, 2.75) is 20.6 Å². The number of hydrogen-bond donors (Lipinski definition) is 1. The molecule has 4 nitrogen and oxygen atoms in total. The monoisotopic (exact) mass is 183 g/mol. The average Bonchev–Trinajstić information content (AvgIpc) is 2.27. The minimum Gasteiger partial charge on any atom is -0.477 e. The second kappa shape index (κ2) is 3.62. The Balaban J connectivity index is 3.20. The standard InChI is InChI=1S/C9H13NO3/c1-6-4-7(2)10(5-13-3)8(6)9(11)12/h4H,5H2,1-3H3,(H,11,12). The fourth-order valence-electron chi connectivity index (χ4n) is 1.43. The van der Waals surface area contributed by atoms with E-state index in [1.807, 2.05) is 13.0 Å². The Kier molecular flexibility index (Phi) is 2.72. The maximum Gasteiger partial charge on any atom is 0.352 e. The highest BCUT2D eigenvalue weighted by Gasteiger charge is 2.15. The van der Waals surface area contributed by atoms with Crippen LogP contribution in [0, 0.1) is 13.8 Å². The van der Waals surface area contributed by atoms with E-state index in [-0.39, 0.29) is 6.73 Å². The van der Waals surface area contributed by atoms with Crippen LogP contribution in [0.25, 0.3) is 0 Å². The molecule has 0 radical (unpaired) electrons. The van der Waals surface area contributed by atoms with Crippen LogP contribution in [0.15, 0.2) is 6.07 Å². The predicted molar refractivity (Wildman–Crippen MR) is 47.9 cm³/mol. The van der Waals surface area contributed by atoms with Gasteiger partial charge in [0.25, 0.3) is 0 Å². The lowest BCUT2D eigenvalue weighted by molar-refractivity contribution is 0.0658. The molecule has 0 atom stereocenters. The van der Waals surface area contributed by atoms with E-state index in [9.17, 15) is 4.79 Å². The first-order valence-corrected chi connectivity index (χ1v) is 3.97. The molecule has 4 heteroatoms. The maximum atomic E-state index is 10.9. The summed E-state index contributed by atoms with van der Waals surface area (Å²) in [6.45, 7) is 3.92. The molecule has 0 amide bonds. The molecule has 0 aliphatic rings. The SMILES string of the molecule is COCn1c(C)cc(C)c1C(=O)O. The van der Waals surface area contributed by atoms with Crippen LogP contribution in [-0.4, -0.2) is 22.8 Å². The van der Waals surface area contributed by atoms with Crippen LogP contribution in [0.4, 0.5) is 0 Å². The molecule has 0 fully saturated rings. The lowest BCUT2D eigenvalue weighted by Gasteiger charge is -2.07. The van der Waals surface area contributed by atoms with Gasteiger partial charge in [0.1, 0.15) is 12.4 Å². The summed E-state index contributed by atoms with van der Waals surface area (Å²) in [5.74, 6) is -0.914. The number of aromatic carboxylic acids is 1. The third kappa shape index (κ3) is 1.72.